The molecule has 1 aromatic heterocycles. The van der Waals surface area contributed by atoms with Crippen LogP contribution in [0.5, 0.6) is 0 Å². The van der Waals surface area contributed by atoms with Crippen molar-refractivity contribution in [3.8, 4) is 0 Å². The Morgan fingerprint density at radius 1 is 1.36 bits per heavy atom. The van der Waals surface area contributed by atoms with Crippen molar-refractivity contribution in [2.24, 2.45) is 7.05 Å². The first kappa shape index (κ1) is 6.53. The van der Waals surface area contributed by atoms with Crippen LogP contribution in [0.25, 0.3) is 11.0 Å². The summed E-state index contributed by atoms with van der Waals surface area (Å²) in [5.41, 5.74) is 5.25. The fraction of sp³-hybridized carbons (Fsp3) is 0.333. The van der Waals surface area contributed by atoms with E-state index in [4.69, 9.17) is 0 Å². The van der Waals surface area contributed by atoms with Crippen molar-refractivity contribution >= 4 is 11.0 Å². The number of nitrogens with one attached hydrogen (secondary N) is 1. The molecule has 0 aliphatic rings. The maximum atomic E-state index is 3.20. The van der Waals surface area contributed by atoms with Gasteiger partial charge in [0.05, 0.1) is 11.0 Å². The van der Waals surface area contributed by atoms with Crippen LogP contribution in [0.1, 0.15) is 12.6 Å². The molecule has 0 aliphatic heterocycles. The van der Waals surface area contributed by atoms with Crippen LogP contribution in [0.3, 0.4) is 0 Å². The molecular formula is C9H14N2. The Hall–Kier alpha value is -1.18. The third-order valence-electron chi connectivity index (χ3n) is 2.07. The molecular weight excluding hydrogens is 136 g/mol. The third kappa shape index (κ3) is 0.788. The summed E-state index contributed by atoms with van der Waals surface area (Å²) < 4.78 is 2.05. The molecule has 0 atom stereocenters. The number of benzene rings is 1. The molecule has 0 amide bonds. The number of H-pyrrole nitrogens is 1. The number of aromatic nitrogens is 2. The number of aryl methyl sites for hydroxylation is 3. The molecule has 0 saturated carbocycles. The molecule has 2 aromatic rings. The van der Waals surface area contributed by atoms with Gasteiger partial charge in [-0.2, -0.15) is 0 Å². The Labute approximate surface area is 67.3 Å². The number of hydrogen-bond acceptors (Lipinski definition) is 0. The molecule has 1 N–H and O–H groups in total. The minimum atomic E-state index is 0. The maximum absolute atomic E-state index is 3.20. The van der Waals surface area contributed by atoms with Crippen LogP contribution in [0.4, 0.5) is 0 Å². The van der Waals surface area contributed by atoms with Crippen molar-refractivity contribution in [1.29, 1.82) is 0 Å². The van der Waals surface area contributed by atoms with Gasteiger partial charge in [-0.15, -0.1) is 0 Å². The maximum Gasteiger partial charge on any atom is 0.0847 e. The topological polar surface area (TPSA) is 20.7 Å². The minimum absolute atomic E-state index is 0. The van der Waals surface area contributed by atoms with Gasteiger partial charge in [-0.3, -0.25) is 9.78 Å². The lowest BCUT2D eigenvalue weighted by atomic mass is 10.1. The van der Waals surface area contributed by atoms with Crippen molar-refractivity contribution < 1.29 is 1.43 Å². The Morgan fingerprint density at radius 3 is 2.64 bits per heavy atom. The highest BCUT2D eigenvalue weighted by Gasteiger charge is 2.04. The van der Waals surface area contributed by atoms with Gasteiger partial charge in [-0.05, 0) is 31.0 Å². The van der Waals surface area contributed by atoms with E-state index in [-0.39, 0.29) is 1.43 Å². The van der Waals surface area contributed by atoms with Crippen LogP contribution in [-0.2, 0) is 7.05 Å². The molecule has 0 bridgehead atoms. The molecule has 0 radical (unpaired) electrons. The quantitative estimate of drug-likeness (QED) is 0.595. The average molecular weight is 150 g/mol. The Kier molecular flexibility index (Phi) is 1.13. The Morgan fingerprint density at radius 2 is 2.09 bits per heavy atom. The summed E-state index contributed by atoms with van der Waals surface area (Å²) in [7, 11) is 2.03. The largest absolute Gasteiger partial charge is 0.296 e. The fourth-order valence-corrected chi connectivity index (χ4v) is 1.67. The van der Waals surface area contributed by atoms with E-state index in [0.717, 1.165) is 0 Å². The van der Waals surface area contributed by atoms with Gasteiger partial charge in [0, 0.05) is 8.47 Å². The molecule has 1 aromatic carbocycles. The average Bonchev–Trinajstić information content (AvgIpc) is 1.83. The lowest BCUT2D eigenvalue weighted by molar-refractivity contribution is 0.758. The van der Waals surface area contributed by atoms with E-state index in [1.807, 2.05) is 11.7 Å². The molecule has 2 heteroatoms. The summed E-state index contributed by atoms with van der Waals surface area (Å²) in [5, 5.41) is 3.20. The van der Waals surface area contributed by atoms with Crippen molar-refractivity contribution in [1.82, 2.24) is 9.78 Å². The van der Waals surface area contributed by atoms with E-state index in [0.29, 0.717) is 0 Å². The van der Waals surface area contributed by atoms with Gasteiger partial charge < -0.3 is 0 Å². The first-order chi connectivity index (χ1) is 5.18. The molecule has 0 saturated heterocycles. The lowest BCUT2D eigenvalue weighted by Gasteiger charge is -2.14. The zero-order chi connectivity index (χ0) is 8.01. The van der Waals surface area contributed by atoms with Crippen LogP contribution in [-0.4, -0.2) is 9.78 Å². The standard InChI is InChI=1S/C9H12N2.H2/c1-6-4-7(2)9-8(5-6)10-11(9)3;/h4-5,10H,1-3H3;1H. The van der Waals surface area contributed by atoms with Gasteiger partial charge in [-0.25, -0.2) is 0 Å². The van der Waals surface area contributed by atoms with E-state index in [9.17, 15) is 0 Å². The molecule has 0 spiro atoms. The van der Waals surface area contributed by atoms with E-state index in [1.165, 1.54) is 22.2 Å². The number of nitrogens with zero attached hydrogens (tertiary/aromatic N) is 1. The van der Waals surface area contributed by atoms with E-state index < -0.39 is 0 Å². The number of aromatic amines is 1. The monoisotopic (exact) mass is 150 g/mol. The molecule has 60 valence electrons. The normalized spacial score (nSPS) is 11.2. The van der Waals surface area contributed by atoms with Crippen LogP contribution >= 0.6 is 0 Å². The molecule has 2 nitrogen and oxygen atoms in total. The molecule has 0 unspecified atom stereocenters. The number of rotatable bonds is 0. The third-order valence-corrected chi connectivity index (χ3v) is 2.07. The van der Waals surface area contributed by atoms with Crippen molar-refractivity contribution in [2.45, 2.75) is 13.8 Å². The molecule has 1 heterocycles. The number of fused-ring (bicyclic) bond motifs is 1. The van der Waals surface area contributed by atoms with Gasteiger partial charge in [-0.1, -0.05) is 6.07 Å². The molecule has 2 rings (SSSR count). The molecule has 11 heavy (non-hydrogen) atoms. The first-order valence-corrected chi connectivity index (χ1v) is 3.80. The summed E-state index contributed by atoms with van der Waals surface area (Å²) in [6, 6.07) is 4.37. The zero-order valence-corrected chi connectivity index (χ0v) is 7.10. The predicted octanol–water partition coefficient (Wildman–Crippen LogP) is 2.37. The second-order valence-corrected chi connectivity index (χ2v) is 3.15. The SMILES string of the molecule is Cc1cc(C)c2c(c1)[nH]n2C.[HH]. The van der Waals surface area contributed by atoms with E-state index >= 15 is 0 Å². The van der Waals surface area contributed by atoms with Gasteiger partial charge in [0.2, 0.25) is 0 Å². The lowest BCUT2D eigenvalue weighted by Crippen LogP contribution is -2.06. The predicted molar refractivity (Wildman–Crippen MR) is 48.9 cm³/mol. The van der Waals surface area contributed by atoms with Gasteiger partial charge in [0.15, 0.2) is 0 Å². The van der Waals surface area contributed by atoms with Crippen LogP contribution in [0.15, 0.2) is 12.1 Å². The summed E-state index contributed by atoms with van der Waals surface area (Å²) in [6.45, 7) is 4.26. The Balaban J connectivity index is 0.000000720. The van der Waals surface area contributed by atoms with Crippen molar-refractivity contribution in [2.75, 3.05) is 0 Å². The van der Waals surface area contributed by atoms with Crippen molar-refractivity contribution in [3.05, 3.63) is 23.3 Å². The second kappa shape index (κ2) is 1.91. The summed E-state index contributed by atoms with van der Waals surface area (Å²) in [6.07, 6.45) is 0. The van der Waals surface area contributed by atoms with Gasteiger partial charge >= 0.3 is 0 Å². The number of hydrogen-bond donors (Lipinski definition) is 1. The van der Waals surface area contributed by atoms with Gasteiger partial charge in [0.25, 0.3) is 0 Å². The van der Waals surface area contributed by atoms with Crippen molar-refractivity contribution in [3.63, 3.8) is 0 Å². The highest BCUT2D eigenvalue weighted by molar-refractivity contribution is 5.81. The van der Waals surface area contributed by atoms with Crippen LogP contribution in [0.2, 0.25) is 0 Å². The van der Waals surface area contributed by atoms with E-state index in [2.05, 4.69) is 31.1 Å². The first-order valence-electron chi connectivity index (χ1n) is 3.80. The second-order valence-electron chi connectivity index (χ2n) is 3.15. The fourth-order valence-electron chi connectivity index (χ4n) is 1.67. The summed E-state index contributed by atoms with van der Waals surface area (Å²) in [5.74, 6) is 0. The van der Waals surface area contributed by atoms with Crippen LogP contribution < -0.4 is 0 Å². The molecule has 0 aliphatic carbocycles. The zero-order valence-electron chi connectivity index (χ0n) is 7.10. The van der Waals surface area contributed by atoms with Crippen LogP contribution in [0, 0.1) is 13.8 Å². The highest BCUT2D eigenvalue weighted by atomic mass is 15.3. The Bertz CT molecular complexity index is 398. The minimum Gasteiger partial charge on any atom is -0.296 e. The molecule has 0 fully saturated rings. The van der Waals surface area contributed by atoms with Gasteiger partial charge in [0.1, 0.15) is 0 Å². The highest BCUT2D eigenvalue weighted by Crippen LogP contribution is 2.19. The smallest absolute Gasteiger partial charge is 0.0847 e. The summed E-state index contributed by atoms with van der Waals surface area (Å²) >= 11 is 0. The van der Waals surface area contributed by atoms with E-state index in [1.54, 1.807) is 0 Å². The summed E-state index contributed by atoms with van der Waals surface area (Å²) in [4.78, 5) is 0.